The molecule has 0 atom stereocenters. The molecule has 0 spiro atoms. The van der Waals surface area contributed by atoms with Crippen molar-refractivity contribution in [3.05, 3.63) is 29.8 Å². The van der Waals surface area contributed by atoms with Crippen LogP contribution in [0.15, 0.2) is 24.3 Å². The Morgan fingerprint density at radius 3 is 2.24 bits per heavy atom. The fourth-order valence-electron chi connectivity index (χ4n) is 1.69. The van der Waals surface area contributed by atoms with E-state index in [0.717, 1.165) is 12.2 Å². The topological polar surface area (TPSA) is 52.6 Å². The van der Waals surface area contributed by atoms with Gasteiger partial charge in [0, 0.05) is 10.7 Å². The predicted octanol–water partition coefficient (Wildman–Crippen LogP) is 3.34. The van der Waals surface area contributed by atoms with Crippen LogP contribution in [-0.2, 0) is 19.2 Å². The second-order valence-electron chi connectivity index (χ2n) is 5.47. The summed E-state index contributed by atoms with van der Waals surface area (Å²) in [6.45, 7) is 7.37. The molecule has 0 heterocycles. The molecule has 0 saturated heterocycles. The van der Waals surface area contributed by atoms with Gasteiger partial charge >= 0.3 is 0 Å². The highest BCUT2D eigenvalue weighted by molar-refractivity contribution is 8.13. The van der Waals surface area contributed by atoms with E-state index in [2.05, 4.69) is 32.9 Å². The van der Waals surface area contributed by atoms with Gasteiger partial charge in [-0.1, -0.05) is 32.9 Å². The molecule has 0 radical (unpaired) electrons. The van der Waals surface area contributed by atoms with Gasteiger partial charge in [0.05, 0.1) is 19.0 Å². The Morgan fingerprint density at radius 2 is 1.71 bits per heavy atom. The molecule has 0 amide bonds. The third-order valence-corrected chi connectivity index (χ3v) is 4.60. The summed E-state index contributed by atoms with van der Waals surface area (Å²) in [4.78, 5) is 0. The number of hydrogen-bond acceptors (Lipinski definition) is 4. The molecule has 21 heavy (non-hydrogen) atoms. The van der Waals surface area contributed by atoms with Crippen LogP contribution in [0, 0.1) is 0 Å². The third kappa shape index (κ3) is 7.16. The standard InChI is InChI=1S/C15H23ClO4S/c1-4-15(2,3)13-5-7-14(8-6-13)20-10-9-19-11-12-21(16,17)18/h5-8H,4,9-12H2,1-3H3. The number of halogens is 1. The van der Waals surface area contributed by atoms with Crippen molar-refractivity contribution < 1.29 is 17.9 Å². The van der Waals surface area contributed by atoms with Crippen LogP contribution < -0.4 is 4.74 Å². The van der Waals surface area contributed by atoms with E-state index in [4.69, 9.17) is 20.2 Å². The molecule has 1 aromatic carbocycles. The summed E-state index contributed by atoms with van der Waals surface area (Å²) in [6, 6.07) is 8.02. The zero-order valence-corrected chi connectivity index (χ0v) is 14.3. The monoisotopic (exact) mass is 334 g/mol. The molecular formula is C15H23ClO4S. The molecule has 0 saturated carbocycles. The first kappa shape index (κ1) is 18.3. The van der Waals surface area contributed by atoms with Gasteiger partial charge in [-0.05, 0) is 29.5 Å². The molecule has 0 bridgehead atoms. The van der Waals surface area contributed by atoms with Gasteiger partial charge in [-0.25, -0.2) is 8.42 Å². The predicted molar refractivity (Wildman–Crippen MR) is 85.7 cm³/mol. The SMILES string of the molecule is CCC(C)(C)c1ccc(OCCOCCS(=O)(=O)Cl)cc1. The van der Waals surface area contributed by atoms with Crippen molar-refractivity contribution in [3.63, 3.8) is 0 Å². The molecule has 6 heteroatoms. The molecule has 0 fully saturated rings. The molecule has 120 valence electrons. The van der Waals surface area contributed by atoms with E-state index < -0.39 is 9.05 Å². The number of benzene rings is 1. The largest absolute Gasteiger partial charge is 0.491 e. The van der Waals surface area contributed by atoms with Crippen molar-refractivity contribution in [1.82, 2.24) is 0 Å². The average Bonchev–Trinajstić information content (AvgIpc) is 2.42. The van der Waals surface area contributed by atoms with E-state index in [-0.39, 0.29) is 17.8 Å². The number of ether oxygens (including phenoxy) is 2. The maximum absolute atomic E-state index is 10.7. The first-order valence-electron chi connectivity index (χ1n) is 6.98. The van der Waals surface area contributed by atoms with Crippen LogP contribution in [0.1, 0.15) is 32.8 Å². The highest BCUT2D eigenvalue weighted by atomic mass is 35.7. The molecule has 1 aromatic rings. The Balaban J connectivity index is 2.31. The fourth-order valence-corrected chi connectivity index (χ4v) is 2.19. The van der Waals surface area contributed by atoms with E-state index in [1.54, 1.807) is 0 Å². The Kier molecular flexibility index (Phi) is 6.97. The van der Waals surface area contributed by atoms with Crippen molar-refractivity contribution in [2.45, 2.75) is 32.6 Å². The Labute approximate surface area is 131 Å². The van der Waals surface area contributed by atoms with E-state index in [1.807, 2.05) is 12.1 Å². The molecule has 0 N–H and O–H groups in total. The second kappa shape index (κ2) is 8.01. The lowest BCUT2D eigenvalue weighted by Gasteiger charge is -2.23. The summed E-state index contributed by atoms with van der Waals surface area (Å²) in [5.74, 6) is 0.592. The molecule has 0 unspecified atom stereocenters. The summed E-state index contributed by atoms with van der Waals surface area (Å²) in [7, 11) is 1.59. The summed E-state index contributed by atoms with van der Waals surface area (Å²) in [5.41, 5.74) is 1.44. The van der Waals surface area contributed by atoms with Gasteiger partial charge in [0.25, 0.3) is 0 Å². The van der Waals surface area contributed by atoms with Gasteiger partial charge in [0.1, 0.15) is 12.4 Å². The summed E-state index contributed by atoms with van der Waals surface area (Å²) >= 11 is 0. The lowest BCUT2D eigenvalue weighted by molar-refractivity contribution is 0.111. The zero-order chi connectivity index (χ0) is 15.9. The van der Waals surface area contributed by atoms with Gasteiger partial charge in [-0.3, -0.25) is 0 Å². The molecule has 0 aliphatic heterocycles. The number of rotatable bonds is 9. The van der Waals surface area contributed by atoms with E-state index in [0.29, 0.717) is 13.2 Å². The maximum Gasteiger partial charge on any atom is 0.234 e. The minimum atomic E-state index is -3.48. The molecule has 0 aliphatic rings. The van der Waals surface area contributed by atoms with Crippen LogP contribution in [0.4, 0.5) is 0 Å². The second-order valence-corrected chi connectivity index (χ2v) is 8.36. The van der Waals surface area contributed by atoms with Crippen LogP contribution in [0.25, 0.3) is 0 Å². The quantitative estimate of drug-likeness (QED) is 0.513. The van der Waals surface area contributed by atoms with Crippen LogP contribution in [-0.4, -0.2) is 34.0 Å². The lowest BCUT2D eigenvalue weighted by Crippen LogP contribution is -2.15. The highest BCUT2D eigenvalue weighted by Gasteiger charge is 2.17. The van der Waals surface area contributed by atoms with Crippen molar-refractivity contribution in [2.75, 3.05) is 25.6 Å². The average molecular weight is 335 g/mol. The highest BCUT2D eigenvalue weighted by Crippen LogP contribution is 2.27. The van der Waals surface area contributed by atoms with Gasteiger partial charge in [0.2, 0.25) is 9.05 Å². The zero-order valence-electron chi connectivity index (χ0n) is 12.8. The summed E-state index contributed by atoms with van der Waals surface area (Å²) in [6.07, 6.45) is 1.07. The van der Waals surface area contributed by atoms with Crippen LogP contribution in [0.5, 0.6) is 5.75 Å². The lowest BCUT2D eigenvalue weighted by atomic mass is 9.82. The van der Waals surface area contributed by atoms with Gasteiger partial charge < -0.3 is 9.47 Å². The molecule has 0 aliphatic carbocycles. The van der Waals surface area contributed by atoms with Crippen LogP contribution in [0.3, 0.4) is 0 Å². The van der Waals surface area contributed by atoms with Gasteiger partial charge in [0.15, 0.2) is 0 Å². The Bertz CT molecular complexity index is 523. The minimum absolute atomic E-state index is 0.0822. The Morgan fingerprint density at radius 1 is 1.10 bits per heavy atom. The molecule has 1 rings (SSSR count). The molecule has 0 aromatic heterocycles. The normalized spacial score (nSPS) is 12.4. The summed E-state index contributed by atoms with van der Waals surface area (Å²) < 4.78 is 32.0. The van der Waals surface area contributed by atoms with Crippen molar-refractivity contribution in [2.24, 2.45) is 0 Å². The Hall–Kier alpha value is -0.780. The first-order chi connectivity index (χ1) is 9.74. The molecular weight excluding hydrogens is 312 g/mol. The van der Waals surface area contributed by atoms with Gasteiger partial charge in [-0.2, -0.15) is 0 Å². The smallest absolute Gasteiger partial charge is 0.234 e. The maximum atomic E-state index is 10.7. The van der Waals surface area contributed by atoms with Gasteiger partial charge in [-0.15, -0.1) is 0 Å². The van der Waals surface area contributed by atoms with E-state index in [9.17, 15) is 8.42 Å². The summed E-state index contributed by atoms with van der Waals surface area (Å²) in [5, 5.41) is 0. The molecule has 4 nitrogen and oxygen atoms in total. The van der Waals surface area contributed by atoms with Crippen molar-refractivity contribution in [3.8, 4) is 5.75 Å². The van der Waals surface area contributed by atoms with Crippen LogP contribution >= 0.6 is 10.7 Å². The first-order valence-corrected chi connectivity index (χ1v) is 9.46. The van der Waals surface area contributed by atoms with E-state index in [1.165, 1.54) is 5.56 Å². The van der Waals surface area contributed by atoms with E-state index >= 15 is 0 Å². The van der Waals surface area contributed by atoms with Crippen molar-refractivity contribution >= 4 is 19.7 Å². The van der Waals surface area contributed by atoms with Crippen molar-refractivity contribution in [1.29, 1.82) is 0 Å². The number of hydrogen-bond donors (Lipinski definition) is 0. The third-order valence-electron chi connectivity index (χ3n) is 3.49. The fraction of sp³-hybridized carbons (Fsp3) is 0.600. The minimum Gasteiger partial charge on any atom is -0.491 e. The van der Waals surface area contributed by atoms with Crippen LogP contribution in [0.2, 0.25) is 0 Å².